The van der Waals surface area contributed by atoms with Crippen LogP contribution in [0.1, 0.15) is 46.0 Å². The second kappa shape index (κ2) is 6.44. The van der Waals surface area contributed by atoms with Crippen molar-refractivity contribution in [3.05, 3.63) is 11.8 Å². The van der Waals surface area contributed by atoms with Crippen molar-refractivity contribution >= 4 is 0 Å². The van der Waals surface area contributed by atoms with Gasteiger partial charge in [-0.25, -0.2) is 0 Å². The molecule has 0 unspecified atom stereocenters. The molecular weight excluding hydrogens is 208 g/mol. The average molecular weight is 236 g/mol. The Bertz CT molecular complexity index is 246. The highest BCUT2D eigenvalue weighted by molar-refractivity contribution is 5.05. The molecule has 2 fully saturated rings. The summed E-state index contributed by atoms with van der Waals surface area (Å²) >= 11 is 0. The molecule has 0 aromatic carbocycles. The van der Waals surface area contributed by atoms with Crippen molar-refractivity contribution in [1.29, 1.82) is 0 Å². The van der Waals surface area contributed by atoms with Crippen molar-refractivity contribution in [1.82, 2.24) is 9.80 Å². The molecule has 0 aliphatic carbocycles. The summed E-state index contributed by atoms with van der Waals surface area (Å²) in [6.07, 6.45) is 9.18. The number of likely N-dealkylation sites (tertiary alicyclic amines) is 2. The average Bonchev–Trinajstić information content (AvgIpc) is 2.82. The van der Waals surface area contributed by atoms with Crippen molar-refractivity contribution in [2.24, 2.45) is 5.92 Å². The Morgan fingerprint density at radius 1 is 1.12 bits per heavy atom. The van der Waals surface area contributed by atoms with Crippen molar-refractivity contribution in [2.75, 3.05) is 32.7 Å². The molecule has 2 aliphatic heterocycles. The fourth-order valence-corrected chi connectivity index (χ4v) is 2.99. The van der Waals surface area contributed by atoms with E-state index >= 15 is 0 Å². The van der Waals surface area contributed by atoms with Gasteiger partial charge < -0.3 is 4.90 Å². The van der Waals surface area contributed by atoms with Gasteiger partial charge in [-0.05, 0) is 51.1 Å². The third kappa shape index (κ3) is 3.74. The fraction of sp³-hybridized carbons (Fsp3) is 0.867. The van der Waals surface area contributed by atoms with Gasteiger partial charge in [-0.15, -0.1) is 0 Å². The molecule has 2 aliphatic rings. The van der Waals surface area contributed by atoms with Crippen LogP contribution in [0, 0.1) is 5.92 Å². The first-order valence-corrected chi connectivity index (χ1v) is 7.46. The van der Waals surface area contributed by atoms with Gasteiger partial charge in [0.25, 0.3) is 0 Å². The molecule has 2 saturated heterocycles. The van der Waals surface area contributed by atoms with Crippen LogP contribution in [0.4, 0.5) is 0 Å². The summed E-state index contributed by atoms with van der Waals surface area (Å²) in [6, 6.07) is 0. The van der Waals surface area contributed by atoms with Gasteiger partial charge in [0.2, 0.25) is 0 Å². The van der Waals surface area contributed by atoms with Crippen LogP contribution in [0.15, 0.2) is 11.8 Å². The predicted molar refractivity (Wildman–Crippen MR) is 74.0 cm³/mol. The molecule has 2 rings (SSSR count). The van der Waals surface area contributed by atoms with Gasteiger partial charge in [-0.2, -0.15) is 0 Å². The topological polar surface area (TPSA) is 6.48 Å². The Morgan fingerprint density at radius 2 is 1.76 bits per heavy atom. The van der Waals surface area contributed by atoms with E-state index in [1.54, 1.807) is 5.70 Å². The van der Waals surface area contributed by atoms with Crippen LogP contribution in [-0.2, 0) is 0 Å². The lowest BCUT2D eigenvalue weighted by atomic mass is 9.98. The monoisotopic (exact) mass is 236 g/mol. The maximum atomic E-state index is 2.64. The maximum Gasteiger partial charge on any atom is 0.0380 e. The lowest BCUT2D eigenvalue weighted by Gasteiger charge is -2.35. The third-order valence-corrected chi connectivity index (χ3v) is 4.21. The zero-order valence-corrected chi connectivity index (χ0v) is 11.6. The zero-order valence-electron chi connectivity index (χ0n) is 11.6. The first-order chi connectivity index (χ1) is 8.29. The third-order valence-electron chi connectivity index (χ3n) is 4.21. The van der Waals surface area contributed by atoms with E-state index in [4.69, 9.17) is 0 Å². The Labute approximate surface area is 107 Å². The Balaban J connectivity index is 1.89. The van der Waals surface area contributed by atoms with Gasteiger partial charge in [-0.1, -0.05) is 19.9 Å². The number of nitrogens with zero attached hydrogens (tertiary/aromatic N) is 2. The van der Waals surface area contributed by atoms with Gasteiger partial charge in [0.15, 0.2) is 0 Å². The molecule has 0 aromatic rings. The van der Waals surface area contributed by atoms with Crippen LogP contribution in [0.2, 0.25) is 0 Å². The molecule has 98 valence electrons. The van der Waals surface area contributed by atoms with Gasteiger partial charge in [0.1, 0.15) is 0 Å². The van der Waals surface area contributed by atoms with E-state index in [0.29, 0.717) is 0 Å². The van der Waals surface area contributed by atoms with E-state index < -0.39 is 0 Å². The summed E-state index contributed by atoms with van der Waals surface area (Å²) in [5, 5.41) is 0. The molecule has 0 spiro atoms. The van der Waals surface area contributed by atoms with Crippen LogP contribution in [0.25, 0.3) is 0 Å². The minimum Gasteiger partial charge on any atom is -0.374 e. The molecule has 0 aromatic heterocycles. The predicted octanol–water partition coefficient (Wildman–Crippen LogP) is 3.11. The molecule has 0 saturated carbocycles. The smallest absolute Gasteiger partial charge is 0.0380 e. The molecule has 0 amide bonds. The van der Waals surface area contributed by atoms with Crippen molar-refractivity contribution in [3.8, 4) is 0 Å². The highest BCUT2D eigenvalue weighted by Gasteiger charge is 2.20. The van der Waals surface area contributed by atoms with Crippen molar-refractivity contribution in [2.45, 2.75) is 46.0 Å². The number of rotatable bonds is 4. The first kappa shape index (κ1) is 12.9. The van der Waals surface area contributed by atoms with Crippen LogP contribution < -0.4 is 0 Å². The molecule has 17 heavy (non-hydrogen) atoms. The molecule has 2 heteroatoms. The molecule has 2 heterocycles. The van der Waals surface area contributed by atoms with Crippen molar-refractivity contribution in [3.63, 3.8) is 0 Å². The Kier molecular flexibility index (Phi) is 4.90. The van der Waals surface area contributed by atoms with E-state index in [2.05, 4.69) is 29.7 Å². The second-order valence-electron chi connectivity index (χ2n) is 5.76. The fourth-order valence-electron chi connectivity index (χ4n) is 2.99. The minimum atomic E-state index is 0.931. The second-order valence-corrected chi connectivity index (χ2v) is 5.76. The summed E-state index contributed by atoms with van der Waals surface area (Å²) in [6.45, 7) is 11.0. The lowest BCUT2D eigenvalue weighted by molar-refractivity contribution is 0.213. The van der Waals surface area contributed by atoms with Crippen LogP contribution in [0.5, 0.6) is 0 Å². The zero-order chi connectivity index (χ0) is 12.1. The molecule has 0 atom stereocenters. The molecule has 0 radical (unpaired) electrons. The number of allylic oxidation sites excluding steroid dienone is 1. The lowest BCUT2D eigenvalue weighted by Crippen LogP contribution is -2.37. The van der Waals surface area contributed by atoms with E-state index in [1.165, 1.54) is 64.8 Å². The van der Waals surface area contributed by atoms with E-state index in [9.17, 15) is 0 Å². The van der Waals surface area contributed by atoms with Crippen LogP contribution in [-0.4, -0.2) is 42.5 Å². The van der Waals surface area contributed by atoms with E-state index in [-0.39, 0.29) is 0 Å². The Hall–Kier alpha value is -0.500. The van der Waals surface area contributed by atoms with Gasteiger partial charge in [0.05, 0.1) is 0 Å². The quantitative estimate of drug-likeness (QED) is 0.740. The first-order valence-electron chi connectivity index (χ1n) is 7.46. The molecule has 2 nitrogen and oxygen atoms in total. The number of piperidine rings is 1. The highest BCUT2D eigenvalue weighted by atomic mass is 15.2. The minimum absolute atomic E-state index is 0.931. The molecule has 0 bridgehead atoms. The summed E-state index contributed by atoms with van der Waals surface area (Å²) in [4.78, 5) is 5.27. The van der Waals surface area contributed by atoms with Gasteiger partial charge in [-0.3, -0.25) is 4.90 Å². The number of hydrogen-bond donors (Lipinski definition) is 0. The highest BCUT2D eigenvalue weighted by Crippen LogP contribution is 2.21. The van der Waals surface area contributed by atoms with E-state index in [1.807, 2.05) is 0 Å². The maximum absolute atomic E-state index is 2.64. The van der Waals surface area contributed by atoms with Gasteiger partial charge in [0, 0.05) is 25.3 Å². The standard InChI is InChI=1S/C15H28N2/c1-3-6-15(13-16-9-4-5-10-16)17-11-7-14(2)8-12-17/h6,14H,3-5,7-13H2,1-2H3/b15-6-. The summed E-state index contributed by atoms with van der Waals surface area (Å²) < 4.78 is 0. The normalized spacial score (nSPS) is 24.6. The molecular formula is C15H28N2. The van der Waals surface area contributed by atoms with Crippen molar-refractivity contribution < 1.29 is 0 Å². The largest absolute Gasteiger partial charge is 0.374 e. The van der Waals surface area contributed by atoms with Crippen LogP contribution >= 0.6 is 0 Å². The summed E-state index contributed by atoms with van der Waals surface area (Å²) in [7, 11) is 0. The Morgan fingerprint density at radius 3 is 2.35 bits per heavy atom. The van der Waals surface area contributed by atoms with E-state index in [0.717, 1.165) is 5.92 Å². The van der Waals surface area contributed by atoms with Gasteiger partial charge >= 0.3 is 0 Å². The summed E-state index contributed by atoms with van der Waals surface area (Å²) in [5.74, 6) is 0.931. The molecule has 0 N–H and O–H groups in total. The summed E-state index contributed by atoms with van der Waals surface area (Å²) in [5.41, 5.74) is 1.60. The van der Waals surface area contributed by atoms with Crippen LogP contribution in [0.3, 0.4) is 0 Å². The number of hydrogen-bond acceptors (Lipinski definition) is 2. The SMILES string of the molecule is CC/C=C(/CN1CCCC1)N1CCC(C)CC1.